The Balaban J connectivity index is 3.45. The Morgan fingerprint density at radius 1 is 1.47 bits per heavy atom. The monoisotopic (exact) mass is 251 g/mol. The van der Waals surface area contributed by atoms with Crippen LogP contribution in [0.1, 0.15) is 13.3 Å². The van der Waals surface area contributed by atoms with Crippen molar-refractivity contribution in [3.8, 4) is 0 Å². The third-order valence-electron chi connectivity index (χ3n) is 1.64. The summed E-state index contributed by atoms with van der Waals surface area (Å²) in [6, 6.07) is 0. The largest absolute Gasteiger partial charge is 0.408 e. The highest BCUT2D eigenvalue weighted by Gasteiger charge is 2.23. The summed E-state index contributed by atoms with van der Waals surface area (Å²) < 4.78 is 0.937. The summed E-state index contributed by atoms with van der Waals surface area (Å²) in [6.45, 7) is 2.07. The van der Waals surface area contributed by atoms with Gasteiger partial charge in [0.1, 0.15) is 5.02 Å². The van der Waals surface area contributed by atoms with E-state index in [1.807, 2.05) is 6.92 Å². The molecule has 0 aromatic carbocycles. The minimum atomic E-state index is -0.778. The number of nitrogens with zero attached hydrogens (tertiary/aromatic N) is 3. The van der Waals surface area contributed by atoms with Gasteiger partial charge in [-0.15, -0.1) is 4.68 Å². The Hall–Kier alpha value is -1.14. The van der Waals surface area contributed by atoms with Crippen LogP contribution in [0.2, 0.25) is 10.0 Å². The smallest absolute Gasteiger partial charge is 0.358 e. The van der Waals surface area contributed by atoms with Gasteiger partial charge in [-0.1, -0.05) is 30.1 Å². The van der Waals surface area contributed by atoms with E-state index in [1.165, 1.54) is 0 Å². The lowest BCUT2D eigenvalue weighted by atomic mass is 10.4. The molecule has 82 valence electrons. The van der Waals surface area contributed by atoms with E-state index in [1.54, 1.807) is 0 Å². The molecule has 1 heterocycles. The Morgan fingerprint density at radius 2 is 2.07 bits per heavy atom. The predicted octanol–water partition coefficient (Wildman–Crippen LogP) is 1.87. The second-order valence-corrected chi connectivity index (χ2v) is 3.49. The van der Waals surface area contributed by atoms with E-state index in [4.69, 9.17) is 23.2 Å². The standard InChI is InChI=1S/C7H7Cl2N3O3/c1-2-3-11-7(13)5(9)4(8)6(10-11)12(14)15/h2-3H2,1H3. The molecular weight excluding hydrogens is 245 g/mol. The van der Waals surface area contributed by atoms with Crippen LogP contribution < -0.4 is 5.56 Å². The molecule has 0 amide bonds. The molecule has 0 aliphatic rings. The molecule has 0 radical (unpaired) electrons. The molecule has 0 fully saturated rings. The Labute approximate surface area is 94.6 Å². The van der Waals surface area contributed by atoms with Gasteiger partial charge >= 0.3 is 11.4 Å². The van der Waals surface area contributed by atoms with Gasteiger partial charge in [0.15, 0.2) is 5.02 Å². The lowest BCUT2D eigenvalue weighted by Crippen LogP contribution is -2.24. The first-order chi connectivity index (χ1) is 6.99. The number of halogens is 2. The van der Waals surface area contributed by atoms with Crippen molar-refractivity contribution in [3.63, 3.8) is 0 Å². The van der Waals surface area contributed by atoms with Gasteiger partial charge in [0.05, 0.1) is 11.6 Å². The first-order valence-corrected chi connectivity index (χ1v) is 4.85. The van der Waals surface area contributed by atoms with Crippen LogP contribution in [0.15, 0.2) is 4.79 Å². The number of nitro groups is 1. The molecule has 0 saturated heterocycles. The zero-order chi connectivity index (χ0) is 11.6. The summed E-state index contributed by atoms with van der Waals surface area (Å²) in [4.78, 5) is 21.2. The fourth-order valence-electron chi connectivity index (χ4n) is 0.989. The molecule has 0 N–H and O–H groups in total. The lowest BCUT2D eigenvalue weighted by Gasteiger charge is -2.01. The van der Waals surface area contributed by atoms with Crippen LogP contribution in [-0.2, 0) is 6.54 Å². The van der Waals surface area contributed by atoms with Crippen molar-refractivity contribution in [3.05, 3.63) is 30.5 Å². The van der Waals surface area contributed by atoms with Gasteiger partial charge < -0.3 is 10.1 Å². The van der Waals surface area contributed by atoms with Gasteiger partial charge in [-0.3, -0.25) is 4.79 Å². The number of aryl methyl sites for hydroxylation is 1. The topological polar surface area (TPSA) is 78.0 Å². The van der Waals surface area contributed by atoms with Crippen molar-refractivity contribution in [2.75, 3.05) is 0 Å². The zero-order valence-electron chi connectivity index (χ0n) is 7.74. The van der Waals surface area contributed by atoms with Crippen LogP contribution in [0.25, 0.3) is 0 Å². The summed E-state index contributed by atoms with van der Waals surface area (Å²) in [6.07, 6.45) is 0.613. The molecule has 1 aromatic rings. The van der Waals surface area contributed by atoms with Crippen molar-refractivity contribution in [1.82, 2.24) is 9.78 Å². The molecule has 0 spiro atoms. The van der Waals surface area contributed by atoms with E-state index in [9.17, 15) is 14.9 Å². The van der Waals surface area contributed by atoms with Crippen LogP contribution in [0.5, 0.6) is 0 Å². The molecule has 0 atom stereocenters. The minimum Gasteiger partial charge on any atom is -0.358 e. The Bertz CT molecular complexity index is 458. The molecule has 0 aliphatic heterocycles. The maximum atomic E-state index is 11.4. The summed E-state index contributed by atoms with van der Waals surface area (Å²) in [7, 11) is 0. The molecule has 8 heteroatoms. The van der Waals surface area contributed by atoms with Gasteiger partial charge in [0.2, 0.25) is 0 Å². The normalized spacial score (nSPS) is 10.3. The van der Waals surface area contributed by atoms with Crippen molar-refractivity contribution in [2.24, 2.45) is 0 Å². The minimum absolute atomic E-state index is 0.260. The third-order valence-corrected chi connectivity index (χ3v) is 2.44. The second kappa shape index (κ2) is 4.59. The van der Waals surface area contributed by atoms with Crippen molar-refractivity contribution < 1.29 is 4.92 Å². The Morgan fingerprint density at radius 3 is 2.53 bits per heavy atom. The van der Waals surface area contributed by atoms with E-state index >= 15 is 0 Å². The lowest BCUT2D eigenvalue weighted by molar-refractivity contribution is -0.390. The SMILES string of the molecule is CCCn1nc([N+](=O)[O-])c(Cl)c(Cl)c1=O. The van der Waals surface area contributed by atoms with E-state index < -0.39 is 21.3 Å². The molecule has 1 rings (SSSR count). The molecule has 6 nitrogen and oxygen atoms in total. The van der Waals surface area contributed by atoms with Gasteiger partial charge in [-0.2, -0.15) is 0 Å². The Kier molecular flexibility index (Phi) is 3.65. The van der Waals surface area contributed by atoms with Crippen molar-refractivity contribution >= 4 is 29.0 Å². The maximum Gasteiger partial charge on any atom is 0.408 e. The van der Waals surface area contributed by atoms with E-state index in [0.717, 1.165) is 4.68 Å². The van der Waals surface area contributed by atoms with E-state index in [0.29, 0.717) is 6.42 Å². The second-order valence-electron chi connectivity index (χ2n) is 2.74. The van der Waals surface area contributed by atoms with Crippen LogP contribution >= 0.6 is 23.2 Å². The first kappa shape index (κ1) is 11.9. The third kappa shape index (κ3) is 2.27. The summed E-state index contributed by atoms with van der Waals surface area (Å²) in [5, 5.41) is 13.3. The van der Waals surface area contributed by atoms with E-state index in [-0.39, 0.29) is 11.6 Å². The van der Waals surface area contributed by atoms with E-state index in [2.05, 4.69) is 5.10 Å². The molecule has 0 unspecified atom stereocenters. The highest BCUT2D eigenvalue weighted by atomic mass is 35.5. The fraction of sp³-hybridized carbons (Fsp3) is 0.429. The van der Waals surface area contributed by atoms with Crippen LogP contribution in [0.3, 0.4) is 0 Å². The first-order valence-electron chi connectivity index (χ1n) is 4.09. The molecular formula is C7H7Cl2N3O3. The maximum absolute atomic E-state index is 11.4. The van der Waals surface area contributed by atoms with Crippen LogP contribution in [0, 0.1) is 10.1 Å². The zero-order valence-corrected chi connectivity index (χ0v) is 9.25. The van der Waals surface area contributed by atoms with Gasteiger partial charge in [-0.25, -0.2) is 0 Å². The predicted molar refractivity (Wildman–Crippen MR) is 55.5 cm³/mol. The highest BCUT2D eigenvalue weighted by Crippen LogP contribution is 2.26. The average Bonchev–Trinajstić information content (AvgIpc) is 2.18. The number of hydrogen-bond donors (Lipinski definition) is 0. The van der Waals surface area contributed by atoms with Crippen LogP contribution in [0.4, 0.5) is 5.82 Å². The quantitative estimate of drug-likeness (QED) is 0.607. The van der Waals surface area contributed by atoms with Gasteiger partial charge in [-0.05, 0) is 11.3 Å². The molecule has 0 saturated carbocycles. The van der Waals surface area contributed by atoms with Gasteiger partial charge in [0.25, 0.3) is 0 Å². The molecule has 1 aromatic heterocycles. The number of hydrogen-bond acceptors (Lipinski definition) is 4. The van der Waals surface area contributed by atoms with Crippen molar-refractivity contribution in [2.45, 2.75) is 19.9 Å². The summed E-state index contributed by atoms with van der Waals surface area (Å²) in [5.41, 5.74) is -0.617. The number of rotatable bonds is 3. The molecule has 15 heavy (non-hydrogen) atoms. The molecule has 0 bridgehead atoms. The van der Waals surface area contributed by atoms with Crippen LogP contribution in [-0.4, -0.2) is 14.7 Å². The molecule has 0 aliphatic carbocycles. The van der Waals surface area contributed by atoms with Crippen molar-refractivity contribution in [1.29, 1.82) is 0 Å². The summed E-state index contributed by atoms with van der Waals surface area (Å²) in [5.74, 6) is -0.602. The number of aromatic nitrogens is 2. The fourth-order valence-corrected chi connectivity index (χ4v) is 1.36. The average molecular weight is 252 g/mol. The highest BCUT2D eigenvalue weighted by molar-refractivity contribution is 6.42. The summed E-state index contributed by atoms with van der Waals surface area (Å²) >= 11 is 11.1. The van der Waals surface area contributed by atoms with Gasteiger partial charge in [0, 0.05) is 0 Å².